The van der Waals surface area contributed by atoms with Crippen LogP contribution in [-0.2, 0) is 0 Å². The van der Waals surface area contributed by atoms with Gasteiger partial charge in [-0.2, -0.15) is 0 Å². The molecular formula is C10H6BrClFN3O. The summed E-state index contributed by atoms with van der Waals surface area (Å²) in [5.74, 6) is -0.327. The van der Waals surface area contributed by atoms with Gasteiger partial charge in [0.05, 0.1) is 17.0 Å². The first-order chi connectivity index (χ1) is 8.09. The lowest BCUT2D eigenvalue weighted by Crippen LogP contribution is -2.10. The molecule has 0 radical (unpaired) electrons. The Morgan fingerprint density at radius 2 is 2.24 bits per heavy atom. The van der Waals surface area contributed by atoms with Crippen LogP contribution in [0.2, 0.25) is 5.02 Å². The Labute approximate surface area is 109 Å². The largest absolute Gasteiger partial charge is 0.335 e. The minimum atomic E-state index is -0.522. The summed E-state index contributed by atoms with van der Waals surface area (Å²) < 4.78 is 13.7. The molecule has 7 heteroatoms. The van der Waals surface area contributed by atoms with E-state index in [0.717, 1.165) is 0 Å². The second kappa shape index (κ2) is 4.85. The van der Waals surface area contributed by atoms with Gasteiger partial charge in [-0.3, -0.25) is 4.79 Å². The third kappa shape index (κ3) is 2.48. The van der Waals surface area contributed by atoms with E-state index in [2.05, 4.69) is 31.2 Å². The van der Waals surface area contributed by atoms with Crippen LogP contribution in [0.1, 0.15) is 0 Å². The molecular weight excluding hydrogens is 312 g/mol. The molecule has 0 aliphatic heterocycles. The van der Waals surface area contributed by atoms with E-state index in [1.165, 1.54) is 24.5 Å². The molecule has 1 aromatic heterocycles. The van der Waals surface area contributed by atoms with Gasteiger partial charge in [0, 0.05) is 0 Å². The SMILES string of the molecule is O=c1[nH]cnc(Nc2c(F)cccc2Cl)c1Br. The van der Waals surface area contributed by atoms with E-state index < -0.39 is 5.82 Å². The predicted octanol–water partition coefficient (Wildman–Crippen LogP) is 3.07. The zero-order valence-corrected chi connectivity index (χ0v) is 10.6. The molecule has 4 nitrogen and oxygen atoms in total. The third-order valence-electron chi connectivity index (χ3n) is 2.00. The monoisotopic (exact) mass is 317 g/mol. The molecule has 0 fully saturated rings. The third-order valence-corrected chi connectivity index (χ3v) is 3.05. The first-order valence-electron chi connectivity index (χ1n) is 4.54. The van der Waals surface area contributed by atoms with Crippen LogP contribution in [0.15, 0.2) is 33.8 Å². The number of benzene rings is 1. The number of para-hydroxylation sites is 1. The minimum absolute atomic E-state index is 0.0768. The highest BCUT2D eigenvalue weighted by atomic mass is 79.9. The molecule has 2 aromatic rings. The number of nitrogens with one attached hydrogen (secondary N) is 2. The molecule has 0 spiro atoms. The zero-order valence-electron chi connectivity index (χ0n) is 8.30. The maximum absolute atomic E-state index is 13.5. The molecule has 0 aliphatic rings. The van der Waals surface area contributed by atoms with Crippen molar-refractivity contribution in [1.82, 2.24) is 9.97 Å². The van der Waals surface area contributed by atoms with Gasteiger partial charge in [0.2, 0.25) is 0 Å². The van der Waals surface area contributed by atoms with Crippen molar-refractivity contribution in [3.05, 3.63) is 50.2 Å². The predicted molar refractivity (Wildman–Crippen MR) is 67.3 cm³/mol. The molecule has 0 saturated heterocycles. The van der Waals surface area contributed by atoms with Gasteiger partial charge in [0.25, 0.3) is 5.56 Å². The first-order valence-corrected chi connectivity index (χ1v) is 5.71. The molecule has 1 heterocycles. The molecule has 2 N–H and O–H groups in total. The Hall–Kier alpha value is -1.40. The van der Waals surface area contributed by atoms with Gasteiger partial charge >= 0.3 is 0 Å². The van der Waals surface area contributed by atoms with Crippen molar-refractivity contribution < 1.29 is 4.39 Å². The van der Waals surface area contributed by atoms with Crippen LogP contribution < -0.4 is 10.9 Å². The molecule has 2 rings (SSSR count). The fourth-order valence-electron chi connectivity index (χ4n) is 1.21. The van der Waals surface area contributed by atoms with Crippen molar-refractivity contribution >= 4 is 39.0 Å². The highest BCUT2D eigenvalue weighted by Crippen LogP contribution is 2.28. The van der Waals surface area contributed by atoms with E-state index in [9.17, 15) is 9.18 Å². The van der Waals surface area contributed by atoms with Crippen molar-refractivity contribution in [2.45, 2.75) is 0 Å². The van der Waals surface area contributed by atoms with Crippen molar-refractivity contribution in [2.24, 2.45) is 0 Å². The molecule has 0 aliphatic carbocycles. The molecule has 0 saturated carbocycles. The Balaban J connectivity index is 2.45. The number of hydrogen-bond acceptors (Lipinski definition) is 3. The maximum atomic E-state index is 13.5. The normalized spacial score (nSPS) is 10.3. The van der Waals surface area contributed by atoms with Gasteiger partial charge in [-0.1, -0.05) is 17.7 Å². The number of anilines is 2. The number of hydrogen-bond donors (Lipinski definition) is 2. The highest BCUT2D eigenvalue weighted by molar-refractivity contribution is 9.10. The van der Waals surface area contributed by atoms with Crippen LogP contribution in [-0.4, -0.2) is 9.97 Å². The summed E-state index contributed by atoms with van der Waals surface area (Å²) in [6, 6.07) is 4.28. The molecule has 0 atom stereocenters. The lowest BCUT2D eigenvalue weighted by Gasteiger charge is -2.09. The standard InChI is InChI=1S/C10H6BrClFN3O/c11-7-9(14-4-15-10(7)17)16-8-5(12)2-1-3-6(8)13/h1-4H,(H2,14,15,16,17). The second-order valence-electron chi connectivity index (χ2n) is 3.12. The Morgan fingerprint density at radius 1 is 1.47 bits per heavy atom. The van der Waals surface area contributed by atoms with Crippen molar-refractivity contribution in [1.29, 1.82) is 0 Å². The summed E-state index contributed by atoms with van der Waals surface area (Å²) in [4.78, 5) is 17.5. The van der Waals surface area contributed by atoms with Crippen LogP contribution in [0.25, 0.3) is 0 Å². The van der Waals surface area contributed by atoms with E-state index in [-0.39, 0.29) is 26.6 Å². The lowest BCUT2D eigenvalue weighted by molar-refractivity contribution is 0.632. The minimum Gasteiger partial charge on any atom is -0.335 e. The van der Waals surface area contributed by atoms with Crippen LogP contribution in [0, 0.1) is 5.82 Å². The quantitative estimate of drug-likeness (QED) is 0.894. The van der Waals surface area contributed by atoms with Gasteiger partial charge in [-0.15, -0.1) is 0 Å². The summed E-state index contributed by atoms with van der Waals surface area (Å²) in [5.41, 5.74) is -0.289. The summed E-state index contributed by atoms with van der Waals surface area (Å²) in [6.07, 6.45) is 1.21. The number of aromatic nitrogens is 2. The van der Waals surface area contributed by atoms with Gasteiger partial charge in [-0.05, 0) is 28.1 Å². The first kappa shape index (κ1) is 12.1. The lowest BCUT2D eigenvalue weighted by atomic mass is 10.3. The van der Waals surface area contributed by atoms with E-state index in [1.54, 1.807) is 0 Å². The van der Waals surface area contributed by atoms with Crippen molar-refractivity contribution in [3.63, 3.8) is 0 Å². The van der Waals surface area contributed by atoms with Gasteiger partial charge in [0.15, 0.2) is 5.82 Å². The Bertz CT molecular complexity index is 596. The average molecular weight is 319 g/mol. The Kier molecular flexibility index (Phi) is 3.44. The van der Waals surface area contributed by atoms with Crippen molar-refractivity contribution in [3.8, 4) is 0 Å². The van der Waals surface area contributed by atoms with Crippen LogP contribution >= 0.6 is 27.5 Å². The van der Waals surface area contributed by atoms with Crippen LogP contribution in [0.3, 0.4) is 0 Å². The van der Waals surface area contributed by atoms with Crippen molar-refractivity contribution in [2.75, 3.05) is 5.32 Å². The zero-order chi connectivity index (χ0) is 12.4. The number of H-pyrrole nitrogens is 1. The van der Waals surface area contributed by atoms with Gasteiger partial charge < -0.3 is 10.3 Å². The number of halogens is 3. The van der Waals surface area contributed by atoms with E-state index in [0.29, 0.717) is 0 Å². The summed E-state index contributed by atoms with van der Waals surface area (Å²) in [5, 5.41) is 2.87. The van der Waals surface area contributed by atoms with E-state index >= 15 is 0 Å². The Morgan fingerprint density at radius 3 is 2.94 bits per heavy atom. The fourth-order valence-corrected chi connectivity index (χ4v) is 1.73. The summed E-state index contributed by atoms with van der Waals surface area (Å²) >= 11 is 8.89. The van der Waals surface area contributed by atoms with E-state index in [1.807, 2.05) is 0 Å². The summed E-state index contributed by atoms with van der Waals surface area (Å²) in [6.45, 7) is 0. The van der Waals surface area contributed by atoms with Crippen LogP contribution in [0.5, 0.6) is 0 Å². The molecule has 0 unspecified atom stereocenters. The average Bonchev–Trinajstić information content (AvgIpc) is 2.29. The van der Waals surface area contributed by atoms with E-state index in [4.69, 9.17) is 11.6 Å². The maximum Gasteiger partial charge on any atom is 0.267 e. The topological polar surface area (TPSA) is 57.8 Å². The number of rotatable bonds is 2. The molecule has 88 valence electrons. The fraction of sp³-hybridized carbons (Fsp3) is 0. The molecule has 1 aromatic carbocycles. The summed E-state index contributed by atoms with van der Waals surface area (Å²) in [7, 11) is 0. The number of nitrogens with zero attached hydrogens (tertiary/aromatic N) is 1. The van der Waals surface area contributed by atoms with Gasteiger partial charge in [-0.25, -0.2) is 9.37 Å². The van der Waals surface area contributed by atoms with Gasteiger partial charge in [0.1, 0.15) is 10.3 Å². The second-order valence-corrected chi connectivity index (χ2v) is 4.32. The molecule has 17 heavy (non-hydrogen) atoms. The van der Waals surface area contributed by atoms with Crippen LogP contribution in [0.4, 0.5) is 15.9 Å². The molecule has 0 amide bonds. The highest BCUT2D eigenvalue weighted by Gasteiger charge is 2.11. The molecule has 0 bridgehead atoms. The number of aromatic amines is 1. The smallest absolute Gasteiger partial charge is 0.267 e.